The second-order valence-electron chi connectivity index (χ2n) is 5.31. The molecule has 1 aliphatic rings. The van der Waals surface area contributed by atoms with E-state index >= 15 is 0 Å². The SMILES string of the molecule is CC(=O)CCC1C(=O)CC(C)(C)C=C1C. The van der Waals surface area contributed by atoms with Crippen molar-refractivity contribution in [2.75, 3.05) is 0 Å². The lowest BCUT2D eigenvalue weighted by Gasteiger charge is -2.30. The van der Waals surface area contributed by atoms with E-state index in [9.17, 15) is 9.59 Å². The second kappa shape index (κ2) is 4.30. The lowest BCUT2D eigenvalue weighted by molar-refractivity contribution is -0.124. The van der Waals surface area contributed by atoms with Gasteiger partial charge in [0.05, 0.1) is 0 Å². The van der Waals surface area contributed by atoms with Crippen molar-refractivity contribution in [2.24, 2.45) is 11.3 Å². The molecule has 1 atom stereocenters. The molecule has 0 amide bonds. The van der Waals surface area contributed by atoms with E-state index in [4.69, 9.17) is 0 Å². The molecule has 0 heterocycles. The molecule has 1 unspecified atom stereocenters. The van der Waals surface area contributed by atoms with Crippen molar-refractivity contribution in [1.82, 2.24) is 0 Å². The van der Waals surface area contributed by atoms with Gasteiger partial charge >= 0.3 is 0 Å². The Kier molecular flexibility index (Phi) is 3.48. The maximum atomic E-state index is 11.9. The molecule has 1 rings (SSSR count). The Hall–Kier alpha value is -0.920. The van der Waals surface area contributed by atoms with Crippen LogP contribution in [0.1, 0.15) is 47.0 Å². The van der Waals surface area contributed by atoms with Gasteiger partial charge in [0.25, 0.3) is 0 Å². The molecule has 0 aromatic rings. The highest BCUT2D eigenvalue weighted by molar-refractivity contribution is 5.86. The summed E-state index contributed by atoms with van der Waals surface area (Å²) in [6.07, 6.45) is 3.99. The summed E-state index contributed by atoms with van der Waals surface area (Å²) in [5.41, 5.74) is 1.13. The number of carbonyl (C=O) groups excluding carboxylic acids is 2. The molecule has 0 saturated carbocycles. The minimum absolute atomic E-state index is 0.00606. The van der Waals surface area contributed by atoms with Crippen molar-refractivity contribution in [2.45, 2.75) is 47.0 Å². The largest absolute Gasteiger partial charge is 0.300 e. The first kappa shape index (κ1) is 12.2. The van der Waals surface area contributed by atoms with Crippen LogP contribution in [0.15, 0.2) is 11.6 Å². The van der Waals surface area contributed by atoms with Gasteiger partial charge in [-0.3, -0.25) is 4.79 Å². The Morgan fingerprint density at radius 1 is 1.53 bits per heavy atom. The molecule has 1 aliphatic carbocycles. The molecule has 0 radical (unpaired) electrons. The fourth-order valence-electron chi connectivity index (χ4n) is 2.33. The van der Waals surface area contributed by atoms with E-state index in [2.05, 4.69) is 19.9 Å². The summed E-state index contributed by atoms with van der Waals surface area (Å²) in [7, 11) is 0. The third kappa shape index (κ3) is 3.29. The van der Waals surface area contributed by atoms with Crippen LogP contribution in [0.2, 0.25) is 0 Å². The van der Waals surface area contributed by atoms with Crippen molar-refractivity contribution >= 4 is 11.6 Å². The van der Waals surface area contributed by atoms with E-state index < -0.39 is 0 Å². The van der Waals surface area contributed by atoms with Crippen LogP contribution in [-0.2, 0) is 9.59 Å². The number of ketones is 2. The molecule has 2 nitrogen and oxygen atoms in total. The summed E-state index contributed by atoms with van der Waals surface area (Å²) in [6.45, 7) is 7.74. The van der Waals surface area contributed by atoms with Gasteiger partial charge in [0.1, 0.15) is 11.6 Å². The second-order valence-corrected chi connectivity index (χ2v) is 5.31. The van der Waals surface area contributed by atoms with E-state index in [0.717, 1.165) is 5.57 Å². The average Bonchev–Trinajstić information content (AvgIpc) is 1.98. The number of allylic oxidation sites excluding steroid dienone is 2. The molecule has 0 aromatic heterocycles. The third-order valence-electron chi connectivity index (χ3n) is 2.97. The molecule has 2 heteroatoms. The predicted octanol–water partition coefficient (Wildman–Crippen LogP) is 2.92. The zero-order valence-electron chi connectivity index (χ0n) is 10.1. The minimum atomic E-state index is -0.0121. The number of hydrogen-bond donors (Lipinski definition) is 0. The maximum absolute atomic E-state index is 11.9. The Bertz CT molecular complexity index is 310. The van der Waals surface area contributed by atoms with Gasteiger partial charge in [0, 0.05) is 18.8 Å². The Morgan fingerprint density at radius 3 is 2.60 bits per heavy atom. The van der Waals surface area contributed by atoms with Gasteiger partial charge in [-0.15, -0.1) is 0 Å². The smallest absolute Gasteiger partial charge is 0.140 e. The molecule has 0 fully saturated rings. The Balaban J connectivity index is 2.74. The number of hydrogen-bond acceptors (Lipinski definition) is 2. The number of rotatable bonds is 3. The van der Waals surface area contributed by atoms with E-state index in [0.29, 0.717) is 25.0 Å². The molecule has 0 bridgehead atoms. The van der Waals surface area contributed by atoms with Crippen LogP contribution < -0.4 is 0 Å². The molecule has 0 saturated heterocycles. The zero-order valence-corrected chi connectivity index (χ0v) is 10.1. The molecule has 0 spiro atoms. The lowest BCUT2D eigenvalue weighted by atomic mass is 9.73. The van der Waals surface area contributed by atoms with Crippen molar-refractivity contribution in [1.29, 1.82) is 0 Å². The standard InChI is InChI=1S/C13H20O2/c1-9-7-13(3,4)8-12(15)11(9)6-5-10(2)14/h7,11H,5-6,8H2,1-4H3. The first-order valence-electron chi connectivity index (χ1n) is 5.53. The maximum Gasteiger partial charge on any atom is 0.140 e. The van der Waals surface area contributed by atoms with E-state index in [1.807, 2.05) is 6.92 Å². The summed E-state index contributed by atoms with van der Waals surface area (Å²) < 4.78 is 0. The normalized spacial score (nSPS) is 24.9. The monoisotopic (exact) mass is 208 g/mol. The Labute approximate surface area is 91.7 Å². The van der Waals surface area contributed by atoms with Crippen molar-refractivity contribution in [3.8, 4) is 0 Å². The van der Waals surface area contributed by atoms with Crippen molar-refractivity contribution in [3.05, 3.63) is 11.6 Å². The highest BCUT2D eigenvalue weighted by Gasteiger charge is 2.31. The van der Waals surface area contributed by atoms with Gasteiger partial charge in [-0.1, -0.05) is 25.5 Å². The van der Waals surface area contributed by atoms with Gasteiger partial charge in [-0.05, 0) is 25.7 Å². The van der Waals surface area contributed by atoms with Crippen LogP contribution in [0, 0.1) is 11.3 Å². The van der Waals surface area contributed by atoms with Gasteiger partial charge < -0.3 is 4.79 Å². The van der Waals surface area contributed by atoms with E-state index in [-0.39, 0.29) is 17.1 Å². The first-order valence-corrected chi connectivity index (χ1v) is 5.53. The van der Waals surface area contributed by atoms with Crippen LogP contribution in [-0.4, -0.2) is 11.6 Å². The number of carbonyl (C=O) groups is 2. The van der Waals surface area contributed by atoms with Crippen molar-refractivity contribution < 1.29 is 9.59 Å². The molecule has 0 aromatic carbocycles. The number of Topliss-reactive ketones (excluding diaryl/α,β-unsaturated/α-hetero) is 2. The fraction of sp³-hybridized carbons (Fsp3) is 0.692. The fourth-order valence-corrected chi connectivity index (χ4v) is 2.33. The Morgan fingerprint density at radius 2 is 2.13 bits per heavy atom. The predicted molar refractivity (Wildman–Crippen MR) is 60.6 cm³/mol. The quantitative estimate of drug-likeness (QED) is 0.668. The summed E-state index contributed by atoms with van der Waals surface area (Å²) in [5, 5.41) is 0. The lowest BCUT2D eigenvalue weighted by Crippen LogP contribution is -2.28. The summed E-state index contributed by atoms with van der Waals surface area (Å²) in [5.74, 6) is 0.448. The van der Waals surface area contributed by atoms with E-state index in [1.165, 1.54) is 0 Å². The summed E-state index contributed by atoms with van der Waals surface area (Å²) in [4.78, 5) is 22.8. The van der Waals surface area contributed by atoms with Crippen LogP contribution in [0.25, 0.3) is 0 Å². The molecule has 0 N–H and O–H groups in total. The van der Waals surface area contributed by atoms with Crippen LogP contribution in [0.3, 0.4) is 0 Å². The molecule has 15 heavy (non-hydrogen) atoms. The van der Waals surface area contributed by atoms with E-state index in [1.54, 1.807) is 6.92 Å². The molecule has 0 aliphatic heterocycles. The third-order valence-corrected chi connectivity index (χ3v) is 2.97. The highest BCUT2D eigenvalue weighted by Crippen LogP contribution is 2.35. The zero-order chi connectivity index (χ0) is 11.6. The topological polar surface area (TPSA) is 34.1 Å². The van der Waals surface area contributed by atoms with Gasteiger partial charge in [-0.25, -0.2) is 0 Å². The van der Waals surface area contributed by atoms with Gasteiger partial charge in [0.2, 0.25) is 0 Å². The molecular weight excluding hydrogens is 188 g/mol. The van der Waals surface area contributed by atoms with Crippen LogP contribution >= 0.6 is 0 Å². The van der Waals surface area contributed by atoms with Crippen LogP contribution in [0.4, 0.5) is 0 Å². The van der Waals surface area contributed by atoms with Gasteiger partial charge in [0.15, 0.2) is 0 Å². The van der Waals surface area contributed by atoms with Crippen LogP contribution in [0.5, 0.6) is 0 Å². The summed E-state index contributed by atoms with van der Waals surface area (Å²) in [6, 6.07) is 0. The average molecular weight is 208 g/mol. The van der Waals surface area contributed by atoms with Gasteiger partial charge in [-0.2, -0.15) is 0 Å². The van der Waals surface area contributed by atoms with Crippen molar-refractivity contribution in [3.63, 3.8) is 0 Å². The first-order chi connectivity index (χ1) is 6.82. The highest BCUT2D eigenvalue weighted by atomic mass is 16.1. The molecular formula is C13H20O2. The summed E-state index contributed by atoms with van der Waals surface area (Å²) >= 11 is 0. The molecule has 84 valence electrons. The minimum Gasteiger partial charge on any atom is -0.300 e.